The van der Waals surface area contributed by atoms with Gasteiger partial charge in [-0.3, -0.25) is 0 Å². The maximum atomic E-state index is 6.23. The first-order chi connectivity index (χ1) is 13.9. The third-order valence-electron chi connectivity index (χ3n) is 5.79. The van der Waals surface area contributed by atoms with Crippen molar-refractivity contribution in [3.05, 3.63) is 0 Å². The smallest absolute Gasteiger partial charge is 0.157 e. The van der Waals surface area contributed by atoms with Crippen molar-refractivity contribution in [2.45, 2.75) is 146 Å². The summed E-state index contributed by atoms with van der Waals surface area (Å²) < 4.78 is 12.5. The molecular weight excluding hydrogens is 368 g/mol. The summed E-state index contributed by atoms with van der Waals surface area (Å²) in [7, 11) is 0. The molecule has 0 aliphatic heterocycles. The molecule has 0 aliphatic carbocycles. The number of hydrogen-bond donors (Lipinski definition) is 0. The Morgan fingerprint density at radius 2 is 0.967 bits per heavy atom. The van der Waals surface area contributed by atoms with Gasteiger partial charge in [-0.05, 0) is 61.2 Å². The van der Waals surface area contributed by atoms with Crippen molar-refractivity contribution in [3.63, 3.8) is 0 Å². The Kier molecular flexibility index (Phi) is 16.5. The number of rotatable bonds is 18. The highest BCUT2D eigenvalue weighted by Crippen LogP contribution is 2.27. The fourth-order valence-corrected chi connectivity index (χ4v) is 4.58. The van der Waals surface area contributed by atoms with Crippen LogP contribution in [0.2, 0.25) is 0 Å². The summed E-state index contributed by atoms with van der Waals surface area (Å²) in [6.07, 6.45) is 15.2. The molecule has 0 bridgehead atoms. The fraction of sp³-hybridized carbons (Fsp3) is 1.00. The Morgan fingerprint density at radius 1 is 0.567 bits per heavy atom. The third kappa shape index (κ3) is 21.2. The van der Waals surface area contributed by atoms with E-state index in [2.05, 4.69) is 62.3 Å². The summed E-state index contributed by atoms with van der Waals surface area (Å²) in [6, 6.07) is 0. The number of ether oxygens (including phenoxy) is 2. The van der Waals surface area contributed by atoms with Gasteiger partial charge in [-0.15, -0.1) is 0 Å². The number of unbranched alkanes of at least 4 members (excludes halogenated alkanes) is 6. The van der Waals surface area contributed by atoms with Gasteiger partial charge in [0, 0.05) is 13.2 Å². The molecule has 0 heterocycles. The van der Waals surface area contributed by atoms with Crippen LogP contribution in [0, 0.1) is 22.7 Å². The molecule has 0 fully saturated rings. The molecular formula is C28H58O2. The Balaban J connectivity index is 4.26. The summed E-state index contributed by atoms with van der Waals surface area (Å²) in [5.41, 5.74) is 0.798. The first kappa shape index (κ1) is 29.9. The summed E-state index contributed by atoms with van der Waals surface area (Å²) in [6.45, 7) is 22.6. The third-order valence-corrected chi connectivity index (χ3v) is 5.79. The normalized spacial score (nSPS) is 15.9. The molecule has 30 heavy (non-hydrogen) atoms. The molecule has 182 valence electrons. The van der Waals surface area contributed by atoms with Gasteiger partial charge in [0.05, 0.1) is 0 Å². The van der Waals surface area contributed by atoms with E-state index in [1.807, 2.05) is 0 Å². The van der Waals surface area contributed by atoms with Crippen LogP contribution in [0.15, 0.2) is 0 Å². The van der Waals surface area contributed by atoms with Crippen LogP contribution in [0.4, 0.5) is 0 Å². The zero-order chi connectivity index (χ0) is 23.0. The standard InChI is InChI=1S/C28H58O2/c1-10-11-12-13-14-15-16-17-26(29-20-18-24(2)22-27(4,5)6)30-21-19-25(3)23-28(7,8)9/h24-26H,10-23H2,1-9H3. The number of hydrogen-bond acceptors (Lipinski definition) is 2. The van der Waals surface area contributed by atoms with Gasteiger partial charge in [0.1, 0.15) is 0 Å². The molecule has 2 unspecified atom stereocenters. The van der Waals surface area contributed by atoms with Gasteiger partial charge in [0.2, 0.25) is 0 Å². The molecule has 0 radical (unpaired) electrons. The lowest BCUT2D eigenvalue weighted by atomic mass is 9.84. The first-order valence-corrected chi connectivity index (χ1v) is 13.2. The molecule has 0 rings (SSSR count). The summed E-state index contributed by atoms with van der Waals surface area (Å²) in [5, 5.41) is 0. The molecule has 0 aromatic rings. The monoisotopic (exact) mass is 426 g/mol. The van der Waals surface area contributed by atoms with Crippen LogP contribution in [0.25, 0.3) is 0 Å². The molecule has 2 atom stereocenters. The van der Waals surface area contributed by atoms with Crippen molar-refractivity contribution in [1.82, 2.24) is 0 Å². The first-order valence-electron chi connectivity index (χ1n) is 13.2. The topological polar surface area (TPSA) is 18.5 Å². The van der Waals surface area contributed by atoms with Crippen LogP contribution in [0.5, 0.6) is 0 Å². The van der Waals surface area contributed by atoms with Gasteiger partial charge in [0.15, 0.2) is 6.29 Å². The Bertz CT molecular complexity index is 349. The molecule has 0 saturated heterocycles. The van der Waals surface area contributed by atoms with Crippen LogP contribution >= 0.6 is 0 Å². The highest BCUT2D eigenvalue weighted by atomic mass is 16.7. The van der Waals surface area contributed by atoms with E-state index in [0.29, 0.717) is 22.7 Å². The van der Waals surface area contributed by atoms with E-state index in [4.69, 9.17) is 9.47 Å². The van der Waals surface area contributed by atoms with E-state index >= 15 is 0 Å². The second kappa shape index (κ2) is 16.5. The van der Waals surface area contributed by atoms with Crippen molar-refractivity contribution in [3.8, 4) is 0 Å². The Hall–Kier alpha value is -0.0800. The van der Waals surface area contributed by atoms with Crippen LogP contribution in [-0.4, -0.2) is 19.5 Å². The van der Waals surface area contributed by atoms with E-state index in [9.17, 15) is 0 Å². The van der Waals surface area contributed by atoms with Crippen molar-refractivity contribution in [2.24, 2.45) is 22.7 Å². The fourth-order valence-electron chi connectivity index (χ4n) is 4.58. The molecule has 0 aromatic carbocycles. The van der Waals surface area contributed by atoms with E-state index in [0.717, 1.165) is 32.5 Å². The molecule has 0 spiro atoms. The zero-order valence-corrected chi connectivity index (χ0v) is 22.4. The van der Waals surface area contributed by atoms with E-state index in [1.165, 1.54) is 57.8 Å². The molecule has 0 aliphatic rings. The van der Waals surface area contributed by atoms with Gasteiger partial charge in [-0.1, -0.05) is 101 Å². The minimum atomic E-state index is -0.00989. The van der Waals surface area contributed by atoms with Crippen LogP contribution < -0.4 is 0 Å². The zero-order valence-electron chi connectivity index (χ0n) is 22.4. The van der Waals surface area contributed by atoms with Gasteiger partial charge in [0.25, 0.3) is 0 Å². The Morgan fingerprint density at radius 3 is 1.37 bits per heavy atom. The minimum absolute atomic E-state index is 0.00989. The lowest BCUT2D eigenvalue weighted by molar-refractivity contribution is -0.151. The molecule has 2 nitrogen and oxygen atoms in total. The summed E-state index contributed by atoms with van der Waals surface area (Å²) >= 11 is 0. The summed E-state index contributed by atoms with van der Waals surface area (Å²) in [5.74, 6) is 1.41. The minimum Gasteiger partial charge on any atom is -0.353 e. The maximum Gasteiger partial charge on any atom is 0.157 e. The highest BCUT2D eigenvalue weighted by molar-refractivity contribution is 4.67. The van der Waals surface area contributed by atoms with E-state index < -0.39 is 0 Å². The second-order valence-corrected chi connectivity index (χ2v) is 12.4. The molecule has 0 saturated carbocycles. The molecule has 0 N–H and O–H groups in total. The van der Waals surface area contributed by atoms with Gasteiger partial charge >= 0.3 is 0 Å². The SMILES string of the molecule is CCCCCCCCCC(OCCC(C)CC(C)(C)C)OCCC(C)CC(C)(C)C. The Labute approximate surface area is 191 Å². The van der Waals surface area contributed by atoms with Crippen molar-refractivity contribution in [2.75, 3.05) is 13.2 Å². The average Bonchev–Trinajstić information content (AvgIpc) is 2.57. The lowest BCUT2D eigenvalue weighted by Crippen LogP contribution is -2.21. The van der Waals surface area contributed by atoms with E-state index in [-0.39, 0.29) is 6.29 Å². The van der Waals surface area contributed by atoms with Crippen molar-refractivity contribution in [1.29, 1.82) is 0 Å². The van der Waals surface area contributed by atoms with Crippen molar-refractivity contribution >= 4 is 0 Å². The summed E-state index contributed by atoms with van der Waals surface area (Å²) in [4.78, 5) is 0. The second-order valence-electron chi connectivity index (χ2n) is 12.4. The predicted octanol–water partition coefficient (Wildman–Crippen LogP) is 9.41. The average molecular weight is 427 g/mol. The molecule has 0 amide bonds. The largest absolute Gasteiger partial charge is 0.353 e. The van der Waals surface area contributed by atoms with Crippen LogP contribution in [0.1, 0.15) is 139 Å². The quantitative estimate of drug-likeness (QED) is 0.160. The maximum absolute atomic E-state index is 6.23. The molecule has 0 aromatic heterocycles. The van der Waals surface area contributed by atoms with Gasteiger partial charge < -0.3 is 9.47 Å². The molecule has 2 heteroatoms. The van der Waals surface area contributed by atoms with E-state index in [1.54, 1.807) is 0 Å². The van der Waals surface area contributed by atoms with Crippen LogP contribution in [0.3, 0.4) is 0 Å². The van der Waals surface area contributed by atoms with Gasteiger partial charge in [-0.2, -0.15) is 0 Å². The highest BCUT2D eigenvalue weighted by Gasteiger charge is 2.18. The predicted molar refractivity (Wildman–Crippen MR) is 134 cm³/mol. The van der Waals surface area contributed by atoms with Gasteiger partial charge in [-0.25, -0.2) is 0 Å². The van der Waals surface area contributed by atoms with Crippen molar-refractivity contribution < 1.29 is 9.47 Å². The van der Waals surface area contributed by atoms with Crippen LogP contribution in [-0.2, 0) is 9.47 Å². The lowest BCUT2D eigenvalue weighted by Gasteiger charge is -2.25.